The Balaban J connectivity index is 1.31. The summed E-state index contributed by atoms with van der Waals surface area (Å²) in [6.45, 7) is 3.02. The van der Waals surface area contributed by atoms with Gasteiger partial charge in [-0.1, -0.05) is 12.1 Å². The lowest BCUT2D eigenvalue weighted by atomic mass is 10.0. The molecule has 2 aliphatic rings. The predicted molar refractivity (Wildman–Crippen MR) is 115 cm³/mol. The first-order valence-corrected chi connectivity index (χ1v) is 10.9. The highest BCUT2D eigenvalue weighted by atomic mass is 32.1. The normalized spacial score (nSPS) is 19.7. The average Bonchev–Trinajstić information content (AvgIpc) is 3.26. The summed E-state index contributed by atoms with van der Waals surface area (Å²) < 4.78 is 1.13. The molecule has 146 valence electrons. The molecule has 3 aromatic heterocycles. The molecule has 1 atom stereocenters. The standard InChI is InChI=1S/C21H21N7S/c1-2-13(1)18-11-28(8-7-22-18)19-6-5-17(26-27-19)16-4-3-15(14-9-24-25-10-14)20-21(16)29-12-23-20/h3-6,9-10,12-13,18,22H,1-2,7-8,11H2,(H,24,25)/t18-/m1/s1. The summed E-state index contributed by atoms with van der Waals surface area (Å²) >= 11 is 1.63. The molecule has 1 aliphatic heterocycles. The summed E-state index contributed by atoms with van der Waals surface area (Å²) in [5.41, 5.74) is 6.95. The van der Waals surface area contributed by atoms with E-state index in [1.807, 2.05) is 17.9 Å². The molecule has 8 heteroatoms. The highest BCUT2D eigenvalue weighted by Crippen LogP contribution is 2.37. The molecule has 4 aromatic rings. The number of piperazine rings is 1. The number of benzene rings is 1. The van der Waals surface area contributed by atoms with E-state index in [1.165, 1.54) is 12.8 Å². The van der Waals surface area contributed by atoms with Crippen molar-refractivity contribution in [2.75, 3.05) is 24.5 Å². The van der Waals surface area contributed by atoms with E-state index < -0.39 is 0 Å². The highest BCUT2D eigenvalue weighted by molar-refractivity contribution is 7.17. The molecule has 0 unspecified atom stereocenters. The summed E-state index contributed by atoms with van der Waals surface area (Å²) in [5.74, 6) is 1.81. The number of H-pyrrole nitrogens is 1. The van der Waals surface area contributed by atoms with Crippen LogP contribution in [0.3, 0.4) is 0 Å². The molecule has 29 heavy (non-hydrogen) atoms. The third-order valence-electron chi connectivity index (χ3n) is 5.94. The van der Waals surface area contributed by atoms with Gasteiger partial charge in [0.2, 0.25) is 0 Å². The minimum Gasteiger partial charge on any atom is -0.352 e. The zero-order valence-electron chi connectivity index (χ0n) is 15.9. The maximum atomic E-state index is 4.60. The Morgan fingerprint density at radius 2 is 2.00 bits per heavy atom. The minimum absolute atomic E-state index is 0.595. The number of rotatable bonds is 4. The lowest BCUT2D eigenvalue weighted by Crippen LogP contribution is -2.52. The van der Waals surface area contributed by atoms with E-state index in [-0.39, 0.29) is 0 Å². The number of aromatic nitrogens is 5. The molecule has 0 radical (unpaired) electrons. The van der Waals surface area contributed by atoms with Crippen LogP contribution in [-0.4, -0.2) is 51.1 Å². The zero-order valence-corrected chi connectivity index (χ0v) is 16.7. The van der Waals surface area contributed by atoms with Crippen LogP contribution >= 0.6 is 11.3 Å². The van der Waals surface area contributed by atoms with E-state index in [2.05, 4.69) is 59.9 Å². The Kier molecular flexibility index (Phi) is 4.05. The maximum Gasteiger partial charge on any atom is 0.151 e. The molecule has 7 nitrogen and oxygen atoms in total. The van der Waals surface area contributed by atoms with Crippen molar-refractivity contribution in [2.24, 2.45) is 5.92 Å². The molecule has 1 saturated heterocycles. The van der Waals surface area contributed by atoms with Gasteiger partial charge in [0.05, 0.1) is 27.6 Å². The molecule has 2 fully saturated rings. The molecule has 4 heterocycles. The Hall–Kier alpha value is -2.84. The molecule has 0 spiro atoms. The summed E-state index contributed by atoms with van der Waals surface area (Å²) in [7, 11) is 0. The van der Waals surface area contributed by atoms with Crippen molar-refractivity contribution in [3.05, 3.63) is 42.2 Å². The van der Waals surface area contributed by atoms with Crippen molar-refractivity contribution >= 4 is 27.4 Å². The first-order chi connectivity index (χ1) is 14.4. The smallest absolute Gasteiger partial charge is 0.151 e. The fraction of sp³-hybridized carbons (Fsp3) is 0.333. The van der Waals surface area contributed by atoms with E-state index in [1.54, 1.807) is 11.3 Å². The van der Waals surface area contributed by atoms with Crippen LogP contribution in [-0.2, 0) is 0 Å². The van der Waals surface area contributed by atoms with Crippen molar-refractivity contribution in [1.82, 2.24) is 30.7 Å². The van der Waals surface area contributed by atoms with Gasteiger partial charge in [0.15, 0.2) is 5.82 Å². The van der Waals surface area contributed by atoms with Gasteiger partial charge >= 0.3 is 0 Å². The van der Waals surface area contributed by atoms with Gasteiger partial charge in [0.1, 0.15) is 0 Å². The lowest BCUT2D eigenvalue weighted by Gasteiger charge is -2.34. The number of nitrogens with zero attached hydrogens (tertiary/aromatic N) is 5. The van der Waals surface area contributed by atoms with Crippen LogP contribution in [0.2, 0.25) is 0 Å². The van der Waals surface area contributed by atoms with Crippen LogP contribution in [0.15, 0.2) is 42.2 Å². The molecule has 2 N–H and O–H groups in total. The van der Waals surface area contributed by atoms with Gasteiger partial charge in [-0.05, 0) is 30.9 Å². The minimum atomic E-state index is 0.595. The molecule has 1 saturated carbocycles. The van der Waals surface area contributed by atoms with Gasteiger partial charge in [0.25, 0.3) is 0 Å². The molecule has 6 rings (SSSR count). The molecular formula is C21H21N7S. The second-order valence-electron chi connectivity index (χ2n) is 7.80. The Labute approximate surface area is 172 Å². The van der Waals surface area contributed by atoms with Crippen LogP contribution in [0.1, 0.15) is 12.8 Å². The Bertz CT molecular complexity index is 1130. The Morgan fingerprint density at radius 3 is 2.79 bits per heavy atom. The number of fused-ring (bicyclic) bond motifs is 1. The van der Waals surface area contributed by atoms with Crippen molar-refractivity contribution in [1.29, 1.82) is 0 Å². The summed E-state index contributed by atoms with van der Waals surface area (Å²) in [6.07, 6.45) is 6.43. The van der Waals surface area contributed by atoms with Crippen LogP contribution in [0.25, 0.3) is 32.6 Å². The van der Waals surface area contributed by atoms with Crippen molar-refractivity contribution in [2.45, 2.75) is 18.9 Å². The largest absolute Gasteiger partial charge is 0.352 e. The quantitative estimate of drug-likeness (QED) is 0.544. The lowest BCUT2D eigenvalue weighted by molar-refractivity contribution is 0.416. The van der Waals surface area contributed by atoms with Gasteiger partial charge in [-0.2, -0.15) is 5.10 Å². The molecular weight excluding hydrogens is 382 g/mol. The van der Waals surface area contributed by atoms with Crippen LogP contribution < -0.4 is 10.2 Å². The van der Waals surface area contributed by atoms with Crippen molar-refractivity contribution < 1.29 is 0 Å². The molecule has 0 bridgehead atoms. The average molecular weight is 404 g/mol. The third kappa shape index (κ3) is 3.08. The SMILES string of the molecule is c1nc2c(-c3cn[nH]c3)ccc(-c3ccc(N4CCN[C@@H](C5CC5)C4)nn3)c2s1. The topological polar surface area (TPSA) is 82.6 Å². The zero-order chi connectivity index (χ0) is 19.2. The predicted octanol–water partition coefficient (Wildman–Crippen LogP) is 3.33. The number of nitrogens with one attached hydrogen (secondary N) is 2. The maximum absolute atomic E-state index is 4.60. The number of hydrogen-bond acceptors (Lipinski definition) is 7. The van der Waals surface area contributed by atoms with Crippen LogP contribution in [0.4, 0.5) is 5.82 Å². The Morgan fingerprint density at radius 1 is 1.07 bits per heavy atom. The second-order valence-corrected chi connectivity index (χ2v) is 8.65. The van der Waals surface area contributed by atoms with Crippen molar-refractivity contribution in [3.8, 4) is 22.4 Å². The molecule has 1 aromatic carbocycles. The van der Waals surface area contributed by atoms with Gasteiger partial charge in [-0.25, -0.2) is 4.98 Å². The van der Waals surface area contributed by atoms with Crippen LogP contribution in [0.5, 0.6) is 0 Å². The first kappa shape index (κ1) is 17.1. The number of thiazole rings is 1. The molecule has 1 aliphatic carbocycles. The van der Waals surface area contributed by atoms with E-state index in [4.69, 9.17) is 0 Å². The summed E-state index contributed by atoms with van der Waals surface area (Å²) in [5, 5.41) is 19.7. The highest BCUT2D eigenvalue weighted by Gasteiger charge is 2.34. The first-order valence-electron chi connectivity index (χ1n) is 10.0. The molecule has 0 amide bonds. The fourth-order valence-corrected chi connectivity index (χ4v) is 5.06. The second kappa shape index (κ2) is 6.89. The van der Waals surface area contributed by atoms with Gasteiger partial charge < -0.3 is 10.2 Å². The van der Waals surface area contributed by atoms with Crippen LogP contribution in [0, 0.1) is 5.92 Å². The number of aromatic amines is 1. The number of anilines is 1. The van der Waals surface area contributed by atoms with E-state index in [0.29, 0.717) is 6.04 Å². The summed E-state index contributed by atoms with van der Waals surface area (Å²) in [6, 6.07) is 8.99. The third-order valence-corrected chi connectivity index (χ3v) is 6.80. The van der Waals surface area contributed by atoms with Gasteiger partial charge in [-0.3, -0.25) is 5.10 Å². The number of hydrogen-bond donors (Lipinski definition) is 2. The van der Waals surface area contributed by atoms with Crippen molar-refractivity contribution in [3.63, 3.8) is 0 Å². The van der Waals surface area contributed by atoms with E-state index in [0.717, 1.165) is 64.0 Å². The van der Waals surface area contributed by atoms with E-state index >= 15 is 0 Å². The monoisotopic (exact) mass is 403 g/mol. The van der Waals surface area contributed by atoms with Gasteiger partial charge in [-0.15, -0.1) is 21.5 Å². The van der Waals surface area contributed by atoms with E-state index in [9.17, 15) is 0 Å². The summed E-state index contributed by atoms with van der Waals surface area (Å²) in [4.78, 5) is 6.96. The van der Waals surface area contributed by atoms with Gasteiger partial charge in [0, 0.05) is 48.6 Å². The fourth-order valence-electron chi connectivity index (χ4n) is 4.22.